The van der Waals surface area contributed by atoms with Crippen molar-refractivity contribution < 1.29 is 54.4 Å². The Hall–Kier alpha value is -2.89. The van der Waals surface area contributed by atoms with Gasteiger partial charge < -0.3 is 59.1 Å². The van der Waals surface area contributed by atoms with Gasteiger partial charge in [0.2, 0.25) is 0 Å². The summed E-state index contributed by atoms with van der Waals surface area (Å²) in [5, 5.41) is 46.7. The molecule has 0 radical (unpaired) electrons. The zero-order chi connectivity index (χ0) is 35.0. The van der Waals surface area contributed by atoms with E-state index in [0.29, 0.717) is 77.4 Å². The van der Waals surface area contributed by atoms with E-state index >= 15 is 0 Å². The van der Waals surface area contributed by atoms with Crippen LogP contribution in [0.5, 0.6) is 0 Å². The Kier molecular flexibility index (Phi) is 18.8. The minimum atomic E-state index is -1.12. The second-order valence-electron chi connectivity index (χ2n) is 13.0. The predicted octanol–water partition coefficient (Wildman–Crippen LogP) is -1.52. The summed E-state index contributed by atoms with van der Waals surface area (Å²) in [4.78, 5) is 58.3. The highest BCUT2D eigenvalue weighted by Gasteiger charge is 2.43. The third-order valence-electron chi connectivity index (χ3n) is 9.50. The van der Waals surface area contributed by atoms with Gasteiger partial charge in [-0.15, -0.1) is 0 Å². The lowest BCUT2D eigenvalue weighted by Crippen LogP contribution is -3.15. The first kappa shape index (κ1) is 41.1. The van der Waals surface area contributed by atoms with Crippen LogP contribution in [0, 0.1) is 23.7 Å². The molecule has 1 aliphatic heterocycles. The van der Waals surface area contributed by atoms with E-state index in [1.807, 2.05) is 0 Å². The SMILES string of the molecule is N[C@@H](CCCC[C@H](CC[C@H](N)C(=O)O)C1C(CC[C@H](N)C(=O)O)C[NH+](CCCC[C@H](N)C(=O)O)CC1CC[C@H](N)C(=O)O)C(=O)O. The smallest absolute Gasteiger partial charge is 0.320 e. The zero-order valence-corrected chi connectivity index (χ0v) is 26.7. The van der Waals surface area contributed by atoms with Crippen LogP contribution in [0.1, 0.15) is 83.5 Å². The van der Waals surface area contributed by atoms with Crippen molar-refractivity contribution in [1.82, 2.24) is 0 Å². The lowest BCUT2D eigenvalue weighted by Gasteiger charge is -2.46. The summed E-state index contributed by atoms with van der Waals surface area (Å²) in [6.45, 7) is 2.06. The standard InChI is InChI=1S/C30H56N6O10/c31-20(26(37)38)6-2-1-5-17(8-11-22(33)28(41)42)25-18(9-12-23(34)29(43)44)15-36(14-4-3-7-21(32)27(39)40)16-19(25)10-13-24(35)30(45)46/h17-25H,1-16,31-35H2,(H,37,38)(H,39,40)(H,41,42)(H,43,44)(H,45,46)/p+1/t17-,18?,19?,20+,21+,22+,23+,24+,25?/m1/s1. The molecule has 16 N–H and O–H groups in total. The third-order valence-corrected chi connectivity index (χ3v) is 9.50. The number of carboxylic acid groups (broad SMARTS) is 5. The monoisotopic (exact) mass is 661 g/mol. The first-order valence-corrected chi connectivity index (χ1v) is 16.3. The number of rotatable bonds is 25. The van der Waals surface area contributed by atoms with E-state index in [-0.39, 0.29) is 49.4 Å². The second kappa shape index (κ2) is 21.1. The zero-order valence-electron chi connectivity index (χ0n) is 26.7. The van der Waals surface area contributed by atoms with Gasteiger partial charge in [-0.25, -0.2) is 0 Å². The van der Waals surface area contributed by atoms with Crippen molar-refractivity contribution in [3.05, 3.63) is 0 Å². The molecule has 0 spiro atoms. The van der Waals surface area contributed by atoms with Crippen LogP contribution in [-0.2, 0) is 24.0 Å². The fraction of sp³-hybridized carbons (Fsp3) is 0.833. The van der Waals surface area contributed by atoms with Gasteiger partial charge in [0.1, 0.15) is 30.2 Å². The number of unbranched alkanes of at least 4 members (excludes halogenated alkanes) is 2. The molecule has 0 bridgehead atoms. The molecule has 1 rings (SSSR count). The van der Waals surface area contributed by atoms with Gasteiger partial charge in [-0.1, -0.05) is 19.3 Å². The summed E-state index contributed by atoms with van der Waals surface area (Å²) in [6, 6.07) is -5.16. The number of aliphatic carboxylic acids is 5. The van der Waals surface area contributed by atoms with Gasteiger partial charge in [-0.2, -0.15) is 0 Å². The summed E-state index contributed by atoms with van der Waals surface area (Å²) in [7, 11) is 0. The molecule has 1 heterocycles. The molecular weight excluding hydrogens is 604 g/mol. The fourth-order valence-corrected chi connectivity index (χ4v) is 6.88. The number of nitrogens with one attached hydrogen (secondary N) is 1. The predicted molar refractivity (Wildman–Crippen MR) is 168 cm³/mol. The van der Waals surface area contributed by atoms with Crippen molar-refractivity contribution in [2.75, 3.05) is 19.6 Å². The number of carboxylic acids is 5. The minimum Gasteiger partial charge on any atom is -0.480 e. The van der Waals surface area contributed by atoms with Crippen LogP contribution < -0.4 is 33.6 Å². The Bertz CT molecular complexity index is 954. The Balaban J connectivity index is 3.35. The van der Waals surface area contributed by atoms with Gasteiger partial charge in [0.05, 0.1) is 19.6 Å². The van der Waals surface area contributed by atoms with Gasteiger partial charge in [0.25, 0.3) is 0 Å². The number of piperidine rings is 1. The van der Waals surface area contributed by atoms with Gasteiger partial charge in [-0.05, 0) is 76.0 Å². The van der Waals surface area contributed by atoms with Gasteiger partial charge in [-0.3, -0.25) is 24.0 Å². The molecule has 8 atom stereocenters. The van der Waals surface area contributed by atoms with E-state index < -0.39 is 60.1 Å². The van der Waals surface area contributed by atoms with E-state index in [2.05, 4.69) is 0 Å². The maximum Gasteiger partial charge on any atom is 0.320 e. The Morgan fingerprint density at radius 3 is 1.26 bits per heavy atom. The molecule has 2 unspecified atom stereocenters. The molecule has 16 heteroatoms. The second-order valence-corrected chi connectivity index (χ2v) is 13.0. The Morgan fingerprint density at radius 2 is 0.848 bits per heavy atom. The Morgan fingerprint density at radius 1 is 0.500 bits per heavy atom. The lowest BCUT2D eigenvalue weighted by molar-refractivity contribution is -0.915. The van der Waals surface area contributed by atoms with Crippen LogP contribution >= 0.6 is 0 Å². The van der Waals surface area contributed by atoms with E-state index in [0.717, 1.165) is 0 Å². The molecule has 1 saturated heterocycles. The normalized spacial score (nSPS) is 23.8. The highest BCUT2D eigenvalue weighted by atomic mass is 16.4. The molecule has 0 saturated carbocycles. The molecule has 46 heavy (non-hydrogen) atoms. The number of likely N-dealkylation sites (tertiary alicyclic amines) is 1. The highest BCUT2D eigenvalue weighted by Crippen LogP contribution is 2.40. The van der Waals surface area contributed by atoms with E-state index in [9.17, 15) is 39.3 Å². The van der Waals surface area contributed by atoms with Gasteiger partial charge in [0, 0.05) is 11.8 Å². The van der Waals surface area contributed by atoms with Crippen LogP contribution in [0.15, 0.2) is 0 Å². The van der Waals surface area contributed by atoms with Crippen molar-refractivity contribution >= 4 is 29.8 Å². The largest absolute Gasteiger partial charge is 0.480 e. The minimum absolute atomic E-state index is 0.0335. The first-order valence-electron chi connectivity index (χ1n) is 16.3. The first-order chi connectivity index (χ1) is 21.5. The summed E-state index contributed by atoms with van der Waals surface area (Å²) in [5.41, 5.74) is 29.0. The fourth-order valence-electron chi connectivity index (χ4n) is 6.88. The number of carbonyl (C=O) groups is 5. The van der Waals surface area contributed by atoms with Crippen LogP contribution in [0.25, 0.3) is 0 Å². The number of hydrogen-bond donors (Lipinski definition) is 11. The summed E-state index contributed by atoms with van der Waals surface area (Å²) < 4.78 is 0. The molecule has 0 aromatic heterocycles. The molecule has 16 nitrogen and oxygen atoms in total. The van der Waals surface area contributed by atoms with Crippen molar-refractivity contribution in [3.63, 3.8) is 0 Å². The van der Waals surface area contributed by atoms with Crippen molar-refractivity contribution in [2.24, 2.45) is 52.3 Å². The summed E-state index contributed by atoms with van der Waals surface area (Å²) in [5.74, 6) is -5.67. The van der Waals surface area contributed by atoms with Crippen LogP contribution in [-0.4, -0.2) is 105 Å². The molecule has 266 valence electrons. The van der Waals surface area contributed by atoms with Crippen molar-refractivity contribution in [2.45, 2.75) is 114 Å². The lowest BCUT2D eigenvalue weighted by atomic mass is 9.64. The molecule has 0 aromatic rings. The van der Waals surface area contributed by atoms with Crippen LogP contribution in [0.2, 0.25) is 0 Å². The molecular formula is C30H57N6O10+. The molecule has 0 aromatic carbocycles. The highest BCUT2D eigenvalue weighted by molar-refractivity contribution is 5.74. The molecule has 0 aliphatic carbocycles. The van der Waals surface area contributed by atoms with Crippen molar-refractivity contribution in [1.29, 1.82) is 0 Å². The number of quaternary nitrogens is 1. The van der Waals surface area contributed by atoms with E-state index in [4.69, 9.17) is 38.9 Å². The molecule has 1 fully saturated rings. The van der Waals surface area contributed by atoms with Gasteiger partial charge in [0.15, 0.2) is 0 Å². The summed E-state index contributed by atoms with van der Waals surface area (Å²) >= 11 is 0. The van der Waals surface area contributed by atoms with Crippen LogP contribution in [0.4, 0.5) is 0 Å². The van der Waals surface area contributed by atoms with E-state index in [1.165, 1.54) is 4.90 Å². The van der Waals surface area contributed by atoms with Crippen molar-refractivity contribution in [3.8, 4) is 0 Å². The average Bonchev–Trinajstić information content (AvgIpc) is 2.99. The average molecular weight is 662 g/mol. The maximum atomic E-state index is 11.6. The quantitative estimate of drug-likeness (QED) is 0.0495. The number of nitrogens with two attached hydrogens (primary N) is 5. The number of hydrogen-bond acceptors (Lipinski definition) is 10. The third kappa shape index (κ3) is 15.1. The Labute approximate surface area is 270 Å². The van der Waals surface area contributed by atoms with E-state index in [1.54, 1.807) is 0 Å². The molecule has 1 aliphatic rings. The topological polar surface area (TPSA) is 321 Å². The van der Waals surface area contributed by atoms with Crippen LogP contribution in [0.3, 0.4) is 0 Å². The maximum absolute atomic E-state index is 11.6. The summed E-state index contributed by atoms with van der Waals surface area (Å²) in [6.07, 6.45) is 5.81. The molecule has 0 amide bonds. The van der Waals surface area contributed by atoms with Gasteiger partial charge >= 0.3 is 29.8 Å².